The molecule has 1 aromatic heterocycles. The van der Waals surface area contributed by atoms with Crippen LogP contribution in [0.4, 0.5) is 0 Å². The molecule has 1 aliphatic carbocycles. The summed E-state index contributed by atoms with van der Waals surface area (Å²) in [6.07, 6.45) is 3.96. The fourth-order valence-corrected chi connectivity index (χ4v) is 16.5. The lowest BCUT2D eigenvalue weighted by atomic mass is 9.72. The van der Waals surface area contributed by atoms with Gasteiger partial charge in [-0.25, -0.2) is 4.98 Å². The highest BCUT2D eigenvalue weighted by atomic mass is 16.5. The van der Waals surface area contributed by atoms with E-state index in [9.17, 15) is 5.11 Å². The van der Waals surface area contributed by atoms with Gasteiger partial charge in [0.05, 0.1) is 16.8 Å². The first kappa shape index (κ1) is 64.7. The summed E-state index contributed by atoms with van der Waals surface area (Å²) < 4.78 is 29.6. The van der Waals surface area contributed by atoms with E-state index in [2.05, 4.69) is 248 Å². The molecule has 480 valence electrons. The van der Waals surface area contributed by atoms with Gasteiger partial charge in [0, 0.05) is 54.2 Å². The molecule has 0 atom stereocenters. The summed E-state index contributed by atoms with van der Waals surface area (Å²) >= 11 is 0. The van der Waals surface area contributed by atoms with Crippen LogP contribution in [-0.4, -0.2) is 15.9 Å². The normalized spacial score (nSPS) is 13.6. The first-order chi connectivity index (χ1) is 43.3. The molecule has 10 aromatic carbocycles. The molecule has 7 heteroatoms. The number of rotatable bonds is 16. The van der Waals surface area contributed by atoms with Crippen molar-refractivity contribution in [3.05, 3.63) is 191 Å². The molecule has 1 N–H and O–H groups in total. The molecule has 7 nitrogen and oxygen atoms in total. The van der Waals surface area contributed by atoms with Gasteiger partial charge >= 0.3 is 0 Å². The molecule has 0 radical (unpaired) electrons. The second-order valence-corrected chi connectivity index (χ2v) is 34.3. The number of aromatic hydroxyl groups is 1. The highest BCUT2D eigenvalue weighted by Crippen LogP contribution is 2.59. The largest absolute Gasteiger partial charge is 0.506 e. The van der Waals surface area contributed by atoms with Crippen molar-refractivity contribution in [2.24, 2.45) is 21.7 Å². The number of carbonyl (C=O) groups excluding carboxylic acids is 1. The van der Waals surface area contributed by atoms with E-state index in [1.54, 1.807) is 0 Å². The Bertz CT molecular complexity index is 4560. The Morgan fingerprint density at radius 3 is 1.02 bits per heavy atom. The standard InChI is InChI=1S/C86H95NO6/c1-79(2,3)47-83(13,14)52-27-35-56(36-28-52)90-64-43-25-51-26-44-65(91-57-37-29-53(30-38-57)84(15,16)48-80(4,5)6)71-68(51)70(64)72-66(92-58-39-31-54(32-40-58)85(17,18)49-81(7,8)9)45-61-69-62(78(89)75-76(61)87-63-24-22-21-23-60(63)77(75)88)46-67(73(71)74(69)72)93-59-41-33-55(34-42-59)86(19,20)50-82(10,11)12/h21-46H,47-50H2,1-20H3,(H,87,88). The molecule has 0 bridgehead atoms. The Balaban J connectivity index is 1.19. The van der Waals surface area contributed by atoms with Crippen molar-refractivity contribution in [2.45, 2.75) is 186 Å². The van der Waals surface area contributed by atoms with Gasteiger partial charge in [0.25, 0.3) is 0 Å². The number of ketones is 1. The zero-order valence-electron chi connectivity index (χ0n) is 58.8. The van der Waals surface area contributed by atoms with Gasteiger partial charge < -0.3 is 24.1 Å². The minimum absolute atomic E-state index is 0.0921. The van der Waals surface area contributed by atoms with Crippen LogP contribution in [0.15, 0.2) is 158 Å². The van der Waals surface area contributed by atoms with Crippen molar-refractivity contribution in [1.82, 2.24) is 4.98 Å². The van der Waals surface area contributed by atoms with E-state index >= 15 is 4.79 Å². The van der Waals surface area contributed by atoms with Gasteiger partial charge in [0.2, 0.25) is 0 Å². The third-order valence-corrected chi connectivity index (χ3v) is 18.9. The number of hydrogen-bond donors (Lipinski definition) is 1. The van der Waals surface area contributed by atoms with E-state index < -0.39 is 0 Å². The van der Waals surface area contributed by atoms with Crippen LogP contribution in [0.25, 0.3) is 65.3 Å². The van der Waals surface area contributed by atoms with E-state index in [-0.39, 0.29) is 60.4 Å². The average molecular weight is 1240 g/mol. The zero-order chi connectivity index (χ0) is 66.9. The maximum atomic E-state index is 16.0. The first-order valence-corrected chi connectivity index (χ1v) is 33.4. The maximum Gasteiger partial charge on any atom is 0.199 e. The second-order valence-electron chi connectivity index (χ2n) is 34.3. The van der Waals surface area contributed by atoms with Crippen molar-refractivity contribution >= 4 is 59.8 Å². The predicted molar refractivity (Wildman–Crippen MR) is 388 cm³/mol. The van der Waals surface area contributed by atoms with Crippen LogP contribution in [-0.2, 0) is 21.7 Å². The highest BCUT2D eigenvalue weighted by molar-refractivity contribution is 6.42. The predicted octanol–water partition coefficient (Wildman–Crippen LogP) is 25.2. The van der Waals surface area contributed by atoms with Crippen molar-refractivity contribution < 1.29 is 28.8 Å². The number of nitrogens with zero attached hydrogens (tertiary/aromatic N) is 1. The van der Waals surface area contributed by atoms with Crippen molar-refractivity contribution in [1.29, 1.82) is 0 Å². The molecule has 0 amide bonds. The van der Waals surface area contributed by atoms with E-state index in [0.29, 0.717) is 95.3 Å². The van der Waals surface area contributed by atoms with Crippen LogP contribution >= 0.6 is 0 Å². The quantitative estimate of drug-likeness (QED) is 0.0762. The summed E-state index contributed by atoms with van der Waals surface area (Å²) in [5.74, 6) is 4.17. The Morgan fingerprint density at radius 2 is 0.667 bits per heavy atom. The van der Waals surface area contributed by atoms with Crippen molar-refractivity contribution in [2.75, 3.05) is 0 Å². The summed E-state index contributed by atoms with van der Waals surface area (Å²) in [6.45, 7) is 45.9. The van der Waals surface area contributed by atoms with Crippen LogP contribution in [0.5, 0.6) is 51.7 Å². The number of fused-ring (bicyclic) bond motifs is 5. The van der Waals surface area contributed by atoms with Gasteiger partial charge in [-0.2, -0.15) is 0 Å². The molecule has 12 rings (SSSR count). The zero-order valence-corrected chi connectivity index (χ0v) is 58.8. The maximum absolute atomic E-state index is 16.0. The molecule has 0 saturated carbocycles. The van der Waals surface area contributed by atoms with E-state index in [4.69, 9.17) is 23.9 Å². The third kappa shape index (κ3) is 12.8. The number of para-hydroxylation sites is 1. The Morgan fingerprint density at radius 1 is 0.344 bits per heavy atom. The van der Waals surface area contributed by atoms with Crippen LogP contribution in [0.3, 0.4) is 0 Å². The fourth-order valence-electron chi connectivity index (χ4n) is 16.5. The monoisotopic (exact) mass is 1240 g/mol. The summed E-state index contributed by atoms with van der Waals surface area (Å²) in [6, 6.07) is 53.7. The third-order valence-electron chi connectivity index (χ3n) is 18.9. The van der Waals surface area contributed by atoms with E-state index in [1.165, 1.54) is 22.3 Å². The fraction of sp³-hybridized carbons (Fsp3) is 0.372. The van der Waals surface area contributed by atoms with E-state index in [1.807, 2.05) is 48.5 Å². The average Bonchev–Trinajstić information content (AvgIpc) is 0.679. The lowest BCUT2D eigenvalue weighted by Crippen LogP contribution is -2.24. The van der Waals surface area contributed by atoms with Crippen LogP contribution in [0.1, 0.15) is 202 Å². The number of carbonyl (C=O) groups is 1. The molecular formula is C86H95NO6. The Hall–Kier alpha value is -8.42. The number of ether oxygens (including phenoxy) is 4. The molecule has 1 aliphatic rings. The summed E-state index contributed by atoms with van der Waals surface area (Å²) in [4.78, 5) is 21.3. The minimum Gasteiger partial charge on any atom is -0.506 e. The van der Waals surface area contributed by atoms with Gasteiger partial charge in [0.15, 0.2) is 5.78 Å². The molecule has 0 saturated heterocycles. The molecule has 93 heavy (non-hydrogen) atoms. The number of pyridine rings is 1. The van der Waals surface area contributed by atoms with Crippen molar-refractivity contribution in [3.63, 3.8) is 0 Å². The topological polar surface area (TPSA) is 87.1 Å². The summed E-state index contributed by atoms with van der Waals surface area (Å²) in [7, 11) is 0. The highest BCUT2D eigenvalue weighted by Gasteiger charge is 2.38. The molecule has 0 fully saturated rings. The van der Waals surface area contributed by atoms with E-state index in [0.717, 1.165) is 47.2 Å². The smallest absolute Gasteiger partial charge is 0.199 e. The van der Waals surface area contributed by atoms with Gasteiger partial charge in [0.1, 0.15) is 51.7 Å². The number of aromatic nitrogens is 1. The summed E-state index contributed by atoms with van der Waals surface area (Å²) in [5, 5.41) is 19.1. The molecule has 0 aliphatic heterocycles. The summed E-state index contributed by atoms with van der Waals surface area (Å²) in [5.41, 5.74) is 6.89. The molecule has 0 spiro atoms. The molecule has 1 heterocycles. The van der Waals surface area contributed by atoms with Crippen LogP contribution in [0.2, 0.25) is 0 Å². The number of hydrogen-bond acceptors (Lipinski definition) is 7. The van der Waals surface area contributed by atoms with Gasteiger partial charge in [-0.05, 0) is 182 Å². The van der Waals surface area contributed by atoms with Crippen LogP contribution in [0, 0.1) is 21.7 Å². The van der Waals surface area contributed by atoms with Gasteiger partial charge in [-0.3, -0.25) is 4.79 Å². The van der Waals surface area contributed by atoms with Gasteiger partial charge in [-0.1, -0.05) is 211 Å². The second kappa shape index (κ2) is 22.7. The van der Waals surface area contributed by atoms with Crippen molar-refractivity contribution in [3.8, 4) is 63.0 Å². The van der Waals surface area contributed by atoms with Gasteiger partial charge in [-0.15, -0.1) is 0 Å². The lowest BCUT2D eigenvalue weighted by Gasteiger charge is -2.33. The molecule has 0 unspecified atom stereocenters. The SMILES string of the molecule is CC(C)(C)CC(C)(C)c1ccc(Oc2ccc3ccc(Oc4ccc(C(C)(C)CC(C)(C)C)cc4)c4c5c(Oc6ccc(C(C)(C)CC(C)(C)C)cc6)cc6c7c(cc(Oc8ccc(C(C)(C)CC(C)(C)C)cc8)c(c2c34)c75)C(=O)c2c-6nc3ccccc3c2O)cc1. The van der Waals surface area contributed by atoms with Crippen LogP contribution < -0.4 is 18.9 Å². The Kier molecular flexibility index (Phi) is 15.8. The molecular weight excluding hydrogens is 1140 g/mol. The number of benzene rings is 10. The Labute approximate surface area is 552 Å². The minimum atomic E-state index is -0.369. The molecule has 11 aromatic rings. The lowest BCUT2D eigenvalue weighted by molar-refractivity contribution is 0.103. The first-order valence-electron chi connectivity index (χ1n) is 33.4.